The second kappa shape index (κ2) is 10.3. The summed E-state index contributed by atoms with van der Waals surface area (Å²) in [6.45, 7) is 2.64. The molecule has 4 nitrogen and oxygen atoms in total. The lowest BCUT2D eigenvalue weighted by Crippen LogP contribution is -2.14. The third kappa shape index (κ3) is 6.80. The van der Waals surface area contributed by atoms with Crippen LogP contribution in [0, 0.1) is 13.8 Å². The summed E-state index contributed by atoms with van der Waals surface area (Å²) < 4.78 is 166. The topological polar surface area (TPSA) is 62.2 Å². The number of benzene rings is 2. The van der Waals surface area contributed by atoms with Crippen LogP contribution < -0.4 is 5.31 Å². The second-order valence-corrected chi connectivity index (χ2v) is 6.43. The molecule has 0 saturated carbocycles. The van der Waals surface area contributed by atoms with Gasteiger partial charge in [-0.05, 0) is 56.2 Å². The Morgan fingerprint density at radius 1 is 1.31 bits per heavy atom. The van der Waals surface area contributed by atoms with E-state index in [4.69, 9.17) is 27.5 Å². The average Bonchev–Trinajstić information content (AvgIpc) is 3.35. The minimum absolute atomic E-state index is 0.187. The van der Waals surface area contributed by atoms with Gasteiger partial charge >= 0.3 is 0 Å². The molecule has 0 aliphatic heterocycles. The molecule has 1 aromatic heterocycles. The lowest BCUT2D eigenvalue weighted by atomic mass is 10.0. The molecular formula is C24H28N2O2S. The van der Waals surface area contributed by atoms with Crippen molar-refractivity contribution in [3.8, 4) is 0 Å². The molecule has 2 aromatic carbocycles. The van der Waals surface area contributed by atoms with E-state index in [-0.39, 0.29) is 15.9 Å². The number of hydrogen-bond acceptors (Lipinski definition) is 4. The van der Waals surface area contributed by atoms with Crippen molar-refractivity contribution in [3.05, 3.63) is 81.1 Å². The summed E-state index contributed by atoms with van der Waals surface area (Å²) >= 11 is 0.728. The summed E-state index contributed by atoms with van der Waals surface area (Å²) in [6.07, 6.45) is -19.3. The molecule has 1 amide bonds. The fourth-order valence-corrected chi connectivity index (χ4v) is 2.35. The van der Waals surface area contributed by atoms with E-state index in [1.54, 1.807) is 0 Å². The molecule has 0 aliphatic rings. The summed E-state index contributed by atoms with van der Waals surface area (Å²) in [4.78, 5) is 16.9. The standard InChI is InChI=1S/C24H28N2O2S/c1-17-7-11-20(12-8-17)23(27)6-4-3-5-19-9-13-21(14-10-19)26-24(28)15-22-16-29-18(2)25-22/h7-14,16,23,27H,3-6,15H2,1-2H3,(H,26,28)/t23-/m0/s1/i3D2,5D2,6D2,7D,8D,9D,10D,11D,12D,13D,14D,15D2,16D,23D,27D/hD. The molecule has 0 aliphatic carbocycles. The van der Waals surface area contributed by atoms with E-state index in [0.29, 0.717) is 0 Å². The van der Waals surface area contributed by atoms with Gasteiger partial charge in [-0.15, -0.1) is 11.3 Å². The number of amides is 1. The van der Waals surface area contributed by atoms with Gasteiger partial charge in [0.15, 0.2) is 1.41 Å². The first-order chi connectivity index (χ1) is 22.1. The molecule has 0 unspecified atom stereocenters. The zero-order valence-corrected chi connectivity index (χ0v) is 16.1. The number of thiazole rings is 1. The van der Waals surface area contributed by atoms with Crippen molar-refractivity contribution in [1.82, 2.24) is 4.98 Å². The maximum atomic E-state index is 13.1. The lowest BCUT2D eigenvalue weighted by Gasteiger charge is -2.11. The largest absolute Gasteiger partial charge is 0.388 e. The van der Waals surface area contributed by atoms with Gasteiger partial charge in [-0.2, -0.15) is 0 Å². The number of rotatable bonds is 10. The van der Waals surface area contributed by atoms with Crippen molar-refractivity contribution in [2.75, 3.05) is 5.31 Å². The molecule has 0 spiro atoms. The van der Waals surface area contributed by atoms with Crippen molar-refractivity contribution in [1.29, 1.82) is 1.43 Å². The van der Waals surface area contributed by atoms with Gasteiger partial charge in [-0.3, -0.25) is 4.79 Å². The van der Waals surface area contributed by atoms with Crippen molar-refractivity contribution < 1.29 is 36.0 Å². The lowest BCUT2D eigenvalue weighted by molar-refractivity contribution is -0.115. The number of nitrogens with one attached hydrogen (secondary N) is 1. The van der Waals surface area contributed by atoms with Gasteiger partial charge in [0.2, 0.25) is 7.34 Å². The highest BCUT2D eigenvalue weighted by atomic mass is 32.1. The fraction of sp³-hybridized carbons (Fsp3) is 0.333. The number of hydrogen-bond donors (Lipinski definition) is 2. The smallest absolute Gasteiger partial charge is 0.230 e. The Hall–Kier alpha value is -2.50. The van der Waals surface area contributed by atoms with Crippen LogP contribution in [-0.2, 0) is 17.5 Å². The number of aromatic nitrogens is 1. The Morgan fingerprint density at radius 3 is 2.72 bits per heavy atom. The van der Waals surface area contributed by atoms with Gasteiger partial charge in [0.25, 0.3) is 0 Å². The highest BCUT2D eigenvalue weighted by Crippen LogP contribution is 2.21. The Morgan fingerprint density at radius 2 is 2.07 bits per heavy atom. The minimum Gasteiger partial charge on any atom is -0.388 e. The van der Waals surface area contributed by atoms with E-state index in [1.807, 2.05) is 0 Å². The summed E-state index contributed by atoms with van der Waals surface area (Å²) in [6, 6.07) is -8.63. The number of nitrogens with zero attached hydrogens (tertiary/aromatic N) is 1. The molecule has 5 heteroatoms. The monoisotopic (exact) mass is 428 g/mol. The molecule has 3 aromatic rings. The van der Waals surface area contributed by atoms with Crippen molar-refractivity contribution in [3.63, 3.8) is 0 Å². The van der Waals surface area contributed by atoms with E-state index < -0.39 is 120 Å². The molecule has 1 atom stereocenters. The van der Waals surface area contributed by atoms with E-state index in [0.717, 1.165) is 11.3 Å². The molecule has 0 bridgehead atoms. The van der Waals surface area contributed by atoms with Gasteiger partial charge in [-0.1, -0.05) is 48.2 Å². The second-order valence-electron chi connectivity index (χ2n) is 5.43. The van der Waals surface area contributed by atoms with Crippen LogP contribution in [0.25, 0.3) is 0 Å². The molecular weight excluding hydrogens is 380 g/mol. The maximum absolute atomic E-state index is 13.1. The molecule has 0 saturated heterocycles. The van der Waals surface area contributed by atoms with E-state index in [1.165, 1.54) is 13.8 Å². The summed E-state index contributed by atoms with van der Waals surface area (Å²) in [7, 11) is 0. The van der Waals surface area contributed by atoms with Crippen LogP contribution in [0.4, 0.5) is 5.69 Å². The summed E-state index contributed by atoms with van der Waals surface area (Å²) in [5, 5.41) is 3.72. The van der Waals surface area contributed by atoms with Crippen LogP contribution in [0.3, 0.4) is 0 Å². The van der Waals surface area contributed by atoms with Crippen LogP contribution in [0.2, 0.25) is 1.41 Å². The Kier molecular flexibility index (Phi) is 2.61. The Bertz CT molecular complexity index is 1770. The number of aliphatic hydroxyl groups is 1. The average molecular weight is 429 g/mol. The van der Waals surface area contributed by atoms with Crippen LogP contribution in [0.1, 0.15) is 77.3 Å². The van der Waals surface area contributed by atoms with E-state index in [2.05, 4.69) is 10.1 Å². The Balaban J connectivity index is 2.15. The first-order valence-corrected chi connectivity index (χ1v) is 8.98. The minimum atomic E-state index is -3.69. The number of aryl methyl sites for hydroxylation is 1. The number of anilines is 1. The summed E-state index contributed by atoms with van der Waals surface area (Å²) in [5.74, 6) is -1.78. The molecule has 2 N–H and O–H groups in total. The normalized spacial score (nSPS) is 24.9. The number of carbonyl (C=O) groups is 1. The number of carbonyl (C=O) groups excluding carboxylic acids is 1. The van der Waals surface area contributed by atoms with Crippen LogP contribution in [-0.4, -0.2) is 17.4 Å². The predicted molar refractivity (Wildman–Crippen MR) is 119 cm³/mol. The van der Waals surface area contributed by atoms with Gasteiger partial charge < -0.3 is 10.4 Å². The van der Waals surface area contributed by atoms with Gasteiger partial charge in [0, 0.05) is 22.0 Å². The fourth-order valence-electron chi connectivity index (χ4n) is 1.87. The predicted octanol–water partition coefficient (Wildman–Crippen LogP) is 5.39. The van der Waals surface area contributed by atoms with Gasteiger partial charge in [0.1, 0.15) is 0 Å². The van der Waals surface area contributed by atoms with Gasteiger partial charge in [-0.25, -0.2) is 4.98 Å². The van der Waals surface area contributed by atoms with Crippen molar-refractivity contribution in [2.45, 2.75) is 51.8 Å². The van der Waals surface area contributed by atoms with Crippen molar-refractivity contribution in [2.24, 2.45) is 0 Å². The molecule has 152 valence electrons. The third-order valence-corrected chi connectivity index (χ3v) is 3.83. The quantitative estimate of drug-likeness (QED) is 0.455. The van der Waals surface area contributed by atoms with Crippen LogP contribution in [0.15, 0.2) is 53.7 Å². The summed E-state index contributed by atoms with van der Waals surface area (Å²) in [5.41, 5.74) is -4.43. The third-order valence-electron chi connectivity index (χ3n) is 3.14. The van der Waals surface area contributed by atoms with Crippen molar-refractivity contribution >= 4 is 22.9 Å². The highest BCUT2D eigenvalue weighted by molar-refractivity contribution is 7.09. The molecule has 3 rings (SSSR count). The van der Waals surface area contributed by atoms with Crippen LogP contribution >= 0.6 is 11.3 Å². The van der Waals surface area contributed by atoms with Crippen LogP contribution in [0.5, 0.6) is 0 Å². The van der Waals surface area contributed by atoms with Gasteiger partial charge in [0.05, 0.1) is 36.9 Å². The molecule has 0 fully saturated rings. The maximum Gasteiger partial charge on any atom is 0.230 e. The Labute approximate surface area is 204 Å². The molecule has 1 heterocycles. The highest BCUT2D eigenvalue weighted by Gasteiger charge is 2.08. The zero-order chi connectivity index (χ0) is 38.1. The van der Waals surface area contributed by atoms with E-state index >= 15 is 0 Å². The first kappa shape index (κ1) is 7.33. The van der Waals surface area contributed by atoms with E-state index in [9.17, 15) is 4.79 Å². The SMILES string of the molecule is [2H]O[C@]([2H])(c1c([2H])c([2H])c(C)c([2H])c1[2H])C([2H])([2H])CC([2H])([2H])C([2H])([2H])c1c([2H])c([2H])c(N([2H])C(=O)C([2H])([2H])c2nc(C)sc2[2H])c([2H])c1[2H]. The first-order valence-electron chi connectivity index (χ1n) is 18.0. The molecule has 29 heavy (non-hydrogen) atoms. The molecule has 0 radical (unpaired) electrons. The zero-order valence-electron chi connectivity index (χ0n) is 35.3.